The Bertz CT molecular complexity index is 489. The Balaban J connectivity index is 2.41. The van der Waals surface area contributed by atoms with Crippen molar-refractivity contribution < 1.29 is 9.59 Å². The lowest BCUT2D eigenvalue weighted by atomic mass is 10.2. The quantitative estimate of drug-likeness (QED) is 0.821. The summed E-state index contributed by atoms with van der Waals surface area (Å²) in [5.74, 6) is -0.0477. The molecule has 0 aliphatic rings. The molecule has 0 saturated carbocycles. The number of carbonyl (C=O) groups is 2. The molecule has 0 unspecified atom stereocenters. The van der Waals surface area contributed by atoms with Crippen molar-refractivity contribution in [1.82, 2.24) is 10.6 Å². The van der Waals surface area contributed by atoms with E-state index in [0.29, 0.717) is 0 Å². The molecule has 2 N–H and O–H groups in total. The van der Waals surface area contributed by atoms with Gasteiger partial charge in [0.1, 0.15) is 0 Å². The van der Waals surface area contributed by atoms with Gasteiger partial charge in [-0.2, -0.15) is 0 Å². The second kappa shape index (κ2) is 7.94. The van der Waals surface area contributed by atoms with E-state index in [1.165, 1.54) is 17.3 Å². The van der Waals surface area contributed by atoms with Crippen molar-refractivity contribution in [3.8, 4) is 0 Å². The van der Waals surface area contributed by atoms with Crippen molar-refractivity contribution in [2.75, 3.05) is 5.75 Å². The van der Waals surface area contributed by atoms with Crippen LogP contribution in [-0.2, 0) is 4.79 Å². The standard InChI is InChI=1S/C15H22N2O2S/c1-5-12(4)16-15(19)17-14(18)9-20-13-7-6-10(2)8-11(13)3/h6-8,12H,5,9H2,1-4H3,(H2,16,17,18,19)/t12-/m0/s1. The smallest absolute Gasteiger partial charge is 0.321 e. The van der Waals surface area contributed by atoms with Gasteiger partial charge in [-0.05, 0) is 38.8 Å². The Morgan fingerprint density at radius 2 is 2.00 bits per heavy atom. The third-order valence-corrected chi connectivity index (χ3v) is 4.11. The predicted octanol–water partition coefficient (Wildman–Crippen LogP) is 3.02. The highest BCUT2D eigenvalue weighted by Gasteiger charge is 2.10. The lowest BCUT2D eigenvalue weighted by Gasteiger charge is -2.12. The summed E-state index contributed by atoms with van der Waals surface area (Å²) in [6.45, 7) is 7.92. The van der Waals surface area contributed by atoms with E-state index in [1.54, 1.807) is 0 Å². The Kier molecular flexibility index (Phi) is 6.58. The molecule has 110 valence electrons. The van der Waals surface area contributed by atoms with E-state index in [4.69, 9.17) is 0 Å². The minimum absolute atomic E-state index is 0.0646. The molecule has 1 aromatic rings. The molecule has 0 aliphatic heterocycles. The topological polar surface area (TPSA) is 58.2 Å². The minimum Gasteiger partial charge on any atom is -0.335 e. The van der Waals surface area contributed by atoms with Gasteiger partial charge in [0.15, 0.2) is 0 Å². The highest BCUT2D eigenvalue weighted by atomic mass is 32.2. The number of carbonyl (C=O) groups excluding carboxylic acids is 2. The first kappa shape index (κ1) is 16.6. The lowest BCUT2D eigenvalue weighted by molar-refractivity contribution is -0.117. The zero-order valence-corrected chi connectivity index (χ0v) is 13.3. The number of imide groups is 1. The van der Waals surface area contributed by atoms with E-state index in [1.807, 2.05) is 39.8 Å². The van der Waals surface area contributed by atoms with E-state index < -0.39 is 6.03 Å². The van der Waals surface area contributed by atoms with Crippen LogP contribution in [0.4, 0.5) is 4.79 Å². The maximum Gasteiger partial charge on any atom is 0.321 e. The molecule has 4 nitrogen and oxygen atoms in total. The minimum atomic E-state index is -0.425. The van der Waals surface area contributed by atoms with E-state index in [2.05, 4.69) is 16.7 Å². The van der Waals surface area contributed by atoms with Crippen LogP contribution in [0.3, 0.4) is 0 Å². The second-order valence-corrected chi connectivity index (χ2v) is 5.91. The number of thioether (sulfide) groups is 1. The molecule has 0 saturated heterocycles. The molecule has 1 aromatic carbocycles. The van der Waals surface area contributed by atoms with E-state index in [9.17, 15) is 9.59 Å². The van der Waals surface area contributed by atoms with Gasteiger partial charge in [-0.3, -0.25) is 10.1 Å². The number of rotatable bonds is 5. The number of amides is 3. The molecule has 0 radical (unpaired) electrons. The van der Waals surface area contributed by atoms with E-state index in [0.717, 1.165) is 16.9 Å². The van der Waals surface area contributed by atoms with Crippen LogP contribution in [0.5, 0.6) is 0 Å². The maximum absolute atomic E-state index is 11.7. The van der Waals surface area contributed by atoms with Crippen LogP contribution in [0.15, 0.2) is 23.1 Å². The summed E-state index contributed by atoms with van der Waals surface area (Å²) in [5, 5.41) is 5.03. The highest BCUT2D eigenvalue weighted by Crippen LogP contribution is 2.22. The Morgan fingerprint density at radius 1 is 1.30 bits per heavy atom. The van der Waals surface area contributed by atoms with Gasteiger partial charge < -0.3 is 5.32 Å². The van der Waals surface area contributed by atoms with Gasteiger partial charge in [-0.1, -0.05) is 24.6 Å². The van der Waals surface area contributed by atoms with Crippen molar-refractivity contribution in [3.63, 3.8) is 0 Å². The van der Waals surface area contributed by atoms with Gasteiger partial charge in [0.2, 0.25) is 5.91 Å². The van der Waals surface area contributed by atoms with Crippen molar-refractivity contribution >= 4 is 23.7 Å². The first-order valence-electron chi connectivity index (χ1n) is 6.72. The Morgan fingerprint density at radius 3 is 2.60 bits per heavy atom. The van der Waals surface area contributed by atoms with Gasteiger partial charge in [-0.25, -0.2) is 4.79 Å². The van der Waals surface area contributed by atoms with Gasteiger partial charge in [0.25, 0.3) is 0 Å². The fourth-order valence-electron chi connectivity index (χ4n) is 1.63. The first-order chi connectivity index (χ1) is 9.42. The fraction of sp³-hybridized carbons (Fsp3) is 0.467. The third-order valence-electron chi connectivity index (χ3n) is 2.93. The Hall–Kier alpha value is -1.49. The predicted molar refractivity (Wildman–Crippen MR) is 83.1 cm³/mol. The zero-order valence-electron chi connectivity index (χ0n) is 12.4. The molecule has 1 atom stereocenters. The highest BCUT2D eigenvalue weighted by molar-refractivity contribution is 8.00. The van der Waals surface area contributed by atoms with Gasteiger partial charge in [0.05, 0.1) is 5.75 Å². The summed E-state index contributed by atoms with van der Waals surface area (Å²) in [6.07, 6.45) is 0.832. The Labute approximate surface area is 124 Å². The normalized spacial score (nSPS) is 11.8. The van der Waals surface area contributed by atoms with Crippen molar-refractivity contribution in [2.24, 2.45) is 0 Å². The monoisotopic (exact) mass is 294 g/mol. The zero-order chi connectivity index (χ0) is 15.1. The molecule has 0 spiro atoms. The average Bonchev–Trinajstić information content (AvgIpc) is 2.37. The molecule has 0 bridgehead atoms. The summed E-state index contributed by atoms with van der Waals surface area (Å²) in [4.78, 5) is 24.2. The summed E-state index contributed by atoms with van der Waals surface area (Å²) in [7, 11) is 0. The second-order valence-electron chi connectivity index (χ2n) is 4.89. The number of aryl methyl sites for hydroxylation is 2. The summed E-state index contributed by atoms with van der Waals surface area (Å²) in [5.41, 5.74) is 2.34. The number of urea groups is 1. The third kappa shape index (κ3) is 5.65. The molecule has 0 aliphatic carbocycles. The largest absolute Gasteiger partial charge is 0.335 e. The van der Waals surface area contributed by atoms with Gasteiger partial charge in [-0.15, -0.1) is 11.8 Å². The van der Waals surface area contributed by atoms with Gasteiger partial charge >= 0.3 is 6.03 Å². The molecular formula is C15H22N2O2S. The molecule has 5 heteroatoms. The maximum atomic E-state index is 11.7. The number of benzene rings is 1. The lowest BCUT2D eigenvalue weighted by Crippen LogP contribution is -2.43. The van der Waals surface area contributed by atoms with Crippen LogP contribution in [0.25, 0.3) is 0 Å². The van der Waals surface area contributed by atoms with Crippen molar-refractivity contribution in [2.45, 2.75) is 45.1 Å². The molecule has 0 aromatic heterocycles. The molecule has 1 rings (SSSR count). The number of hydrogen-bond acceptors (Lipinski definition) is 3. The molecule has 0 fully saturated rings. The molecule has 0 heterocycles. The SMILES string of the molecule is CC[C@H](C)NC(=O)NC(=O)CSc1ccc(C)cc1C. The number of hydrogen-bond donors (Lipinski definition) is 2. The van der Waals surface area contributed by atoms with Crippen LogP contribution in [0.1, 0.15) is 31.4 Å². The van der Waals surface area contributed by atoms with E-state index in [-0.39, 0.29) is 17.7 Å². The first-order valence-corrected chi connectivity index (χ1v) is 7.71. The molecular weight excluding hydrogens is 272 g/mol. The van der Waals surface area contributed by atoms with Crippen LogP contribution in [0, 0.1) is 13.8 Å². The molecule has 20 heavy (non-hydrogen) atoms. The van der Waals surface area contributed by atoms with Gasteiger partial charge in [0, 0.05) is 10.9 Å². The van der Waals surface area contributed by atoms with Crippen LogP contribution in [0.2, 0.25) is 0 Å². The summed E-state index contributed by atoms with van der Waals surface area (Å²) < 4.78 is 0. The summed E-state index contributed by atoms with van der Waals surface area (Å²) >= 11 is 1.44. The number of nitrogens with one attached hydrogen (secondary N) is 2. The summed E-state index contributed by atoms with van der Waals surface area (Å²) in [6, 6.07) is 5.74. The average molecular weight is 294 g/mol. The van der Waals surface area contributed by atoms with Crippen LogP contribution >= 0.6 is 11.8 Å². The molecule has 3 amide bonds. The van der Waals surface area contributed by atoms with E-state index >= 15 is 0 Å². The van der Waals surface area contributed by atoms with Crippen molar-refractivity contribution in [3.05, 3.63) is 29.3 Å². The van der Waals surface area contributed by atoms with Crippen LogP contribution in [-0.4, -0.2) is 23.7 Å². The fourth-order valence-corrected chi connectivity index (χ4v) is 2.44. The van der Waals surface area contributed by atoms with Crippen LogP contribution < -0.4 is 10.6 Å². The van der Waals surface area contributed by atoms with Crippen molar-refractivity contribution in [1.29, 1.82) is 0 Å².